The number of amides is 3. The molecule has 0 unspecified atom stereocenters. The predicted octanol–water partition coefficient (Wildman–Crippen LogP) is 2.49. The zero-order valence-electron chi connectivity index (χ0n) is 18.6. The summed E-state index contributed by atoms with van der Waals surface area (Å²) in [4.78, 5) is 60.5. The number of nitrogens with one attached hydrogen (secondary N) is 3. The molecular weight excluding hydrogens is 476 g/mol. The van der Waals surface area contributed by atoms with Crippen LogP contribution in [-0.2, 0) is 20.8 Å². The van der Waals surface area contributed by atoms with Gasteiger partial charge in [-0.05, 0) is 41.8 Å². The van der Waals surface area contributed by atoms with Crippen LogP contribution in [0, 0.1) is 0 Å². The third-order valence-electron chi connectivity index (χ3n) is 4.80. The van der Waals surface area contributed by atoms with Crippen LogP contribution in [0.1, 0.15) is 28.8 Å². The molecule has 0 radical (unpaired) electrons. The number of carbonyl (C=O) groups is 5. The van der Waals surface area contributed by atoms with E-state index in [0.29, 0.717) is 22.5 Å². The highest BCUT2D eigenvalue weighted by atomic mass is 16.4. The summed E-state index contributed by atoms with van der Waals surface area (Å²) < 4.78 is 0. The molecule has 0 aliphatic heterocycles. The number of benzene rings is 2. The molecule has 0 aliphatic carbocycles. The van der Waals surface area contributed by atoms with Gasteiger partial charge in [0.05, 0.1) is 0 Å². The number of carbonyl (C=O) groups excluding carboxylic acids is 2. The van der Waals surface area contributed by atoms with E-state index in [1.807, 2.05) is 0 Å². The Kier molecular flexibility index (Phi) is 9.77. The number of aliphatic carboxylic acids is 3. The lowest BCUT2D eigenvalue weighted by molar-refractivity contribution is -0.140. The molecule has 0 aliphatic rings. The SMILES string of the molecule is [N-]=[N+]=Nc1ccc(C(=O)Nc2ccc(C[C@H](NC(=O)N[C@@H](CCC(=O)O)C(=O)O)C(=O)O)cc2)cc1. The van der Waals surface area contributed by atoms with Crippen molar-refractivity contribution in [2.24, 2.45) is 5.11 Å². The maximum absolute atomic E-state index is 12.4. The van der Waals surface area contributed by atoms with Crippen LogP contribution in [0.4, 0.5) is 16.2 Å². The van der Waals surface area contributed by atoms with Gasteiger partial charge in [0.2, 0.25) is 0 Å². The standard InChI is InChI=1S/C22H22N6O8/c23-28-27-15-7-3-13(4-8-15)19(31)24-14-5-1-12(2-6-14)11-17(21(34)35)26-22(36)25-16(20(32)33)9-10-18(29)30/h1-8,16-17H,9-11H2,(H,24,31)(H,29,30)(H,32,33)(H,34,35)(H2,25,26,36)/t16-,17-/m0/s1. The average Bonchev–Trinajstić information content (AvgIpc) is 2.82. The van der Waals surface area contributed by atoms with Gasteiger partial charge in [0, 0.05) is 34.7 Å². The van der Waals surface area contributed by atoms with E-state index < -0.39 is 48.4 Å². The second-order valence-corrected chi connectivity index (χ2v) is 7.42. The van der Waals surface area contributed by atoms with E-state index in [2.05, 4.69) is 26.0 Å². The number of urea groups is 1. The Morgan fingerprint density at radius 3 is 1.97 bits per heavy atom. The van der Waals surface area contributed by atoms with Crippen LogP contribution in [0.15, 0.2) is 53.6 Å². The van der Waals surface area contributed by atoms with Gasteiger partial charge in [0.15, 0.2) is 0 Å². The van der Waals surface area contributed by atoms with Gasteiger partial charge in [0.1, 0.15) is 12.1 Å². The van der Waals surface area contributed by atoms with E-state index in [0.717, 1.165) is 0 Å². The van der Waals surface area contributed by atoms with Crippen molar-refractivity contribution >= 4 is 41.2 Å². The van der Waals surface area contributed by atoms with Gasteiger partial charge < -0.3 is 31.3 Å². The van der Waals surface area contributed by atoms with Gasteiger partial charge in [0.25, 0.3) is 5.91 Å². The van der Waals surface area contributed by atoms with E-state index in [4.69, 9.17) is 15.7 Å². The quantitative estimate of drug-likeness (QED) is 0.144. The van der Waals surface area contributed by atoms with Crippen molar-refractivity contribution in [1.29, 1.82) is 0 Å². The monoisotopic (exact) mass is 498 g/mol. The van der Waals surface area contributed by atoms with Gasteiger partial charge in [-0.25, -0.2) is 14.4 Å². The van der Waals surface area contributed by atoms with Crippen LogP contribution in [0.3, 0.4) is 0 Å². The topological polar surface area (TPSA) is 231 Å². The van der Waals surface area contributed by atoms with Crippen LogP contribution in [0.5, 0.6) is 0 Å². The Balaban J connectivity index is 1.97. The van der Waals surface area contributed by atoms with E-state index in [-0.39, 0.29) is 12.8 Å². The number of nitrogens with zero attached hydrogens (tertiary/aromatic N) is 3. The fourth-order valence-corrected chi connectivity index (χ4v) is 2.98. The maximum atomic E-state index is 12.4. The zero-order chi connectivity index (χ0) is 26.7. The van der Waals surface area contributed by atoms with Gasteiger partial charge in [-0.3, -0.25) is 9.59 Å². The third kappa shape index (κ3) is 8.68. The van der Waals surface area contributed by atoms with E-state index in [1.54, 1.807) is 12.1 Å². The van der Waals surface area contributed by atoms with Crippen molar-refractivity contribution in [1.82, 2.24) is 10.6 Å². The summed E-state index contributed by atoms with van der Waals surface area (Å²) in [5.74, 6) is -4.49. The molecule has 14 heteroatoms. The van der Waals surface area contributed by atoms with Crippen molar-refractivity contribution in [3.8, 4) is 0 Å². The minimum Gasteiger partial charge on any atom is -0.481 e. The summed E-state index contributed by atoms with van der Waals surface area (Å²) >= 11 is 0. The van der Waals surface area contributed by atoms with Gasteiger partial charge >= 0.3 is 23.9 Å². The first-order valence-corrected chi connectivity index (χ1v) is 10.4. The third-order valence-corrected chi connectivity index (χ3v) is 4.80. The van der Waals surface area contributed by atoms with Crippen molar-refractivity contribution in [3.05, 3.63) is 70.1 Å². The lowest BCUT2D eigenvalue weighted by Crippen LogP contribution is -2.51. The number of rotatable bonds is 12. The largest absolute Gasteiger partial charge is 0.481 e. The zero-order valence-corrected chi connectivity index (χ0v) is 18.6. The fraction of sp³-hybridized carbons (Fsp3) is 0.227. The predicted molar refractivity (Wildman–Crippen MR) is 125 cm³/mol. The summed E-state index contributed by atoms with van der Waals surface area (Å²) in [6.45, 7) is 0. The Morgan fingerprint density at radius 2 is 1.44 bits per heavy atom. The first-order valence-electron chi connectivity index (χ1n) is 10.4. The van der Waals surface area contributed by atoms with Crippen molar-refractivity contribution < 1.29 is 39.3 Å². The van der Waals surface area contributed by atoms with Gasteiger partial charge in [-0.2, -0.15) is 0 Å². The lowest BCUT2D eigenvalue weighted by Gasteiger charge is -2.18. The molecule has 2 rings (SSSR count). The summed E-state index contributed by atoms with van der Waals surface area (Å²) in [7, 11) is 0. The number of hydrogen-bond donors (Lipinski definition) is 6. The van der Waals surface area contributed by atoms with E-state index >= 15 is 0 Å². The minimum atomic E-state index is -1.51. The van der Waals surface area contributed by atoms with Crippen molar-refractivity contribution in [2.45, 2.75) is 31.3 Å². The molecule has 2 atom stereocenters. The average molecular weight is 498 g/mol. The number of anilines is 1. The van der Waals surface area contributed by atoms with Crippen molar-refractivity contribution in [2.75, 3.05) is 5.32 Å². The number of carboxylic acid groups (broad SMARTS) is 3. The molecule has 0 aromatic heterocycles. The van der Waals surface area contributed by atoms with Crippen LogP contribution >= 0.6 is 0 Å². The highest BCUT2D eigenvalue weighted by Crippen LogP contribution is 2.16. The Bertz CT molecular complexity index is 1180. The molecule has 0 spiro atoms. The Labute approximate surface area is 203 Å². The molecule has 14 nitrogen and oxygen atoms in total. The fourth-order valence-electron chi connectivity index (χ4n) is 2.98. The molecule has 0 fully saturated rings. The smallest absolute Gasteiger partial charge is 0.326 e. The first kappa shape index (κ1) is 27.1. The van der Waals surface area contributed by atoms with Crippen LogP contribution < -0.4 is 16.0 Å². The highest BCUT2D eigenvalue weighted by Gasteiger charge is 2.25. The van der Waals surface area contributed by atoms with Gasteiger partial charge in [-0.15, -0.1) is 0 Å². The maximum Gasteiger partial charge on any atom is 0.326 e. The molecule has 0 saturated heterocycles. The Morgan fingerprint density at radius 1 is 0.861 bits per heavy atom. The molecule has 3 amide bonds. The van der Waals surface area contributed by atoms with E-state index in [9.17, 15) is 29.1 Å². The molecule has 2 aromatic carbocycles. The van der Waals surface area contributed by atoms with Crippen LogP contribution in [-0.4, -0.2) is 57.2 Å². The summed E-state index contributed by atoms with van der Waals surface area (Å²) in [6.07, 6.45) is -1.02. The van der Waals surface area contributed by atoms with E-state index in [1.165, 1.54) is 36.4 Å². The summed E-state index contributed by atoms with van der Waals surface area (Å²) in [5.41, 5.74) is 10.0. The second kappa shape index (κ2) is 13.0. The highest BCUT2D eigenvalue weighted by molar-refractivity contribution is 6.04. The molecule has 6 N–H and O–H groups in total. The first-order chi connectivity index (χ1) is 17.1. The molecule has 188 valence electrons. The summed E-state index contributed by atoms with van der Waals surface area (Å²) in [5, 5.41) is 37.5. The number of hydrogen-bond acceptors (Lipinski definition) is 6. The molecule has 2 aromatic rings. The number of azide groups is 1. The van der Waals surface area contributed by atoms with Crippen molar-refractivity contribution in [3.63, 3.8) is 0 Å². The van der Waals surface area contributed by atoms with Gasteiger partial charge in [-0.1, -0.05) is 29.4 Å². The molecule has 0 bridgehead atoms. The second-order valence-electron chi connectivity index (χ2n) is 7.42. The molecule has 36 heavy (non-hydrogen) atoms. The molecular formula is C22H22N6O8. The molecule has 0 saturated carbocycles. The Hall–Kier alpha value is -5.10. The summed E-state index contributed by atoms with van der Waals surface area (Å²) in [6, 6.07) is 8.11. The van der Waals surface area contributed by atoms with Crippen LogP contribution in [0.25, 0.3) is 10.4 Å². The van der Waals surface area contributed by atoms with Crippen LogP contribution in [0.2, 0.25) is 0 Å². The number of carboxylic acids is 3. The normalized spacial score (nSPS) is 11.8. The minimum absolute atomic E-state index is 0.148. The molecule has 0 heterocycles. The lowest BCUT2D eigenvalue weighted by atomic mass is 10.1.